The van der Waals surface area contributed by atoms with Gasteiger partial charge in [-0.3, -0.25) is 9.69 Å². The largest absolute Gasteiger partial charge is 0.378 e. The highest BCUT2D eigenvalue weighted by Gasteiger charge is 2.43. The smallest absolute Gasteiger partial charge is 0.344 e. The van der Waals surface area contributed by atoms with E-state index in [1.807, 2.05) is 18.7 Å². The number of rotatable bonds is 4. The van der Waals surface area contributed by atoms with Crippen LogP contribution in [-0.2, 0) is 16.1 Å². The summed E-state index contributed by atoms with van der Waals surface area (Å²) in [5.74, 6) is 0.181. The molecule has 202 valence electrons. The monoisotopic (exact) mass is 530 g/mol. The van der Waals surface area contributed by atoms with Gasteiger partial charge in [-0.15, -0.1) is 5.10 Å². The van der Waals surface area contributed by atoms with Gasteiger partial charge >= 0.3 is 6.03 Å². The van der Waals surface area contributed by atoms with Gasteiger partial charge in [0.25, 0.3) is 0 Å². The Morgan fingerprint density at radius 3 is 2.46 bits per heavy atom. The Bertz CT molecular complexity index is 1080. The maximum absolute atomic E-state index is 12.9. The molecule has 2 amide bonds. The Balaban J connectivity index is 0.00000156. The van der Waals surface area contributed by atoms with Crippen molar-refractivity contribution in [2.24, 2.45) is 0 Å². The second-order valence-electron chi connectivity index (χ2n) is 9.73. The fourth-order valence-electron chi connectivity index (χ4n) is 5.67. The molecule has 9 nitrogen and oxygen atoms in total. The molecule has 0 saturated carbocycles. The molecule has 5 rings (SSSR count). The highest BCUT2D eigenvalue weighted by molar-refractivity contribution is 6.33. The molecule has 3 aliphatic heterocycles. The summed E-state index contributed by atoms with van der Waals surface area (Å²) in [6.45, 7) is 12.0. The van der Waals surface area contributed by atoms with Crippen LogP contribution in [0.4, 0.5) is 16.3 Å². The van der Waals surface area contributed by atoms with Gasteiger partial charge in [0.1, 0.15) is 0 Å². The standard InChI is InChI=1S/C25H33ClN6O3.C2H6/c1-19(33)27-23-5-10-32(28-23)24(34)30-11-7-25(8-12-30)6-2-9-31(25)18-20-3-4-22(21(26)17-20)29-13-15-35-16-14-29;1-2/h3-5,10,17H,2,6-9,11-16,18H2,1H3,(H,27,28,33);1-2H3. The van der Waals surface area contributed by atoms with Crippen LogP contribution in [0.25, 0.3) is 0 Å². The maximum Gasteiger partial charge on any atom is 0.344 e. The van der Waals surface area contributed by atoms with Crippen molar-refractivity contribution in [3.8, 4) is 0 Å². The van der Waals surface area contributed by atoms with Crippen LogP contribution in [0.2, 0.25) is 5.02 Å². The van der Waals surface area contributed by atoms with Gasteiger partial charge in [-0.05, 0) is 49.9 Å². The number of anilines is 2. The van der Waals surface area contributed by atoms with Crippen molar-refractivity contribution in [3.63, 3.8) is 0 Å². The topological polar surface area (TPSA) is 82.9 Å². The number of morpholine rings is 1. The van der Waals surface area contributed by atoms with E-state index in [-0.39, 0.29) is 17.5 Å². The molecule has 0 radical (unpaired) electrons. The molecular formula is C27H39ClN6O3. The van der Waals surface area contributed by atoms with Crippen LogP contribution in [0.5, 0.6) is 0 Å². The zero-order valence-electron chi connectivity index (χ0n) is 22.2. The van der Waals surface area contributed by atoms with E-state index in [2.05, 4.69) is 38.4 Å². The van der Waals surface area contributed by atoms with Gasteiger partial charge in [0, 0.05) is 57.4 Å². The minimum atomic E-state index is -0.207. The van der Waals surface area contributed by atoms with Gasteiger partial charge in [0.2, 0.25) is 5.91 Å². The third-order valence-electron chi connectivity index (χ3n) is 7.53. The van der Waals surface area contributed by atoms with E-state index in [4.69, 9.17) is 16.3 Å². The van der Waals surface area contributed by atoms with Gasteiger partial charge in [-0.25, -0.2) is 4.79 Å². The summed E-state index contributed by atoms with van der Waals surface area (Å²) in [7, 11) is 0. The first-order valence-electron chi connectivity index (χ1n) is 13.4. The van der Waals surface area contributed by atoms with Crippen LogP contribution >= 0.6 is 11.6 Å². The summed E-state index contributed by atoms with van der Waals surface area (Å²) in [5.41, 5.74) is 2.44. The minimum absolute atomic E-state index is 0.123. The minimum Gasteiger partial charge on any atom is -0.378 e. The molecule has 1 spiro atoms. The summed E-state index contributed by atoms with van der Waals surface area (Å²) in [6, 6.07) is 7.95. The summed E-state index contributed by atoms with van der Waals surface area (Å²) >= 11 is 6.69. The average molecular weight is 531 g/mol. The summed E-state index contributed by atoms with van der Waals surface area (Å²) in [4.78, 5) is 30.9. The van der Waals surface area contributed by atoms with Gasteiger partial charge in [-0.1, -0.05) is 31.5 Å². The second-order valence-corrected chi connectivity index (χ2v) is 10.1. The molecule has 0 bridgehead atoms. The second kappa shape index (κ2) is 12.3. The lowest BCUT2D eigenvalue weighted by Gasteiger charge is -2.45. The molecule has 3 saturated heterocycles. The van der Waals surface area contributed by atoms with E-state index in [1.54, 1.807) is 12.3 Å². The first kappa shape index (κ1) is 27.4. The number of aromatic nitrogens is 2. The zero-order valence-corrected chi connectivity index (χ0v) is 23.0. The van der Waals surface area contributed by atoms with E-state index in [0.29, 0.717) is 18.9 Å². The van der Waals surface area contributed by atoms with Crippen molar-refractivity contribution in [2.45, 2.75) is 58.5 Å². The van der Waals surface area contributed by atoms with E-state index < -0.39 is 0 Å². The SMILES string of the molecule is CC.CC(=O)Nc1ccn(C(=O)N2CCC3(CCCN3Cc3ccc(N4CCOCC4)c(Cl)c3)CC2)n1. The maximum atomic E-state index is 12.9. The Hall–Kier alpha value is -2.62. The van der Waals surface area contributed by atoms with Crippen molar-refractivity contribution >= 4 is 35.0 Å². The Labute approximate surface area is 224 Å². The molecule has 0 aliphatic carbocycles. The Morgan fingerprint density at radius 2 is 1.78 bits per heavy atom. The zero-order chi connectivity index (χ0) is 26.4. The van der Waals surface area contributed by atoms with Crippen LogP contribution < -0.4 is 10.2 Å². The summed E-state index contributed by atoms with van der Waals surface area (Å²) in [6.07, 6.45) is 5.82. The quantitative estimate of drug-likeness (QED) is 0.628. The number of halogens is 1. The van der Waals surface area contributed by atoms with Crippen LogP contribution in [0.1, 0.15) is 52.0 Å². The predicted molar refractivity (Wildman–Crippen MR) is 146 cm³/mol. The fourth-order valence-corrected chi connectivity index (χ4v) is 6.00. The van der Waals surface area contributed by atoms with E-state index >= 15 is 0 Å². The third-order valence-corrected chi connectivity index (χ3v) is 7.83. The molecular weight excluding hydrogens is 492 g/mol. The summed E-state index contributed by atoms with van der Waals surface area (Å²) < 4.78 is 6.78. The number of nitrogens with one attached hydrogen (secondary N) is 1. The number of carbonyl (C=O) groups is 2. The van der Waals surface area contributed by atoms with Gasteiger partial charge in [0.15, 0.2) is 5.82 Å². The lowest BCUT2D eigenvalue weighted by Crippen LogP contribution is -2.53. The lowest BCUT2D eigenvalue weighted by molar-refractivity contribution is -0.114. The number of benzene rings is 1. The predicted octanol–water partition coefficient (Wildman–Crippen LogP) is 4.46. The number of likely N-dealkylation sites (tertiary alicyclic amines) is 2. The number of hydrogen-bond acceptors (Lipinski definition) is 6. The molecule has 0 unspecified atom stereocenters. The average Bonchev–Trinajstić information content (AvgIpc) is 3.53. The number of ether oxygens (including phenoxy) is 1. The van der Waals surface area contributed by atoms with Crippen molar-refractivity contribution in [3.05, 3.63) is 41.0 Å². The highest BCUT2D eigenvalue weighted by Crippen LogP contribution is 2.40. The summed E-state index contributed by atoms with van der Waals surface area (Å²) in [5, 5.41) is 7.61. The molecule has 4 heterocycles. The van der Waals surface area contributed by atoms with Crippen molar-refractivity contribution < 1.29 is 14.3 Å². The number of piperidine rings is 1. The third kappa shape index (κ3) is 6.27. The first-order chi connectivity index (χ1) is 17.9. The highest BCUT2D eigenvalue weighted by atomic mass is 35.5. The van der Waals surface area contributed by atoms with E-state index in [9.17, 15) is 9.59 Å². The fraction of sp³-hybridized carbons (Fsp3) is 0.593. The van der Waals surface area contributed by atoms with Gasteiger partial charge in [-0.2, -0.15) is 4.68 Å². The molecule has 1 aromatic carbocycles. The van der Waals surface area contributed by atoms with Gasteiger partial charge < -0.3 is 19.9 Å². The van der Waals surface area contributed by atoms with Crippen molar-refractivity contribution in [1.82, 2.24) is 19.6 Å². The molecule has 3 aliphatic rings. The Kier molecular flexibility index (Phi) is 9.10. The molecule has 3 fully saturated rings. The van der Waals surface area contributed by atoms with Crippen LogP contribution in [0.15, 0.2) is 30.5 Å². The Morgan fingerprint density at radius 1 is 1.05 bits per heavy atom. The molecule has 1 N–H and O–H groups in total. The van der Waals surface area contributed by atoms with Crippen LogP contribution in [0, 0.1) is 0 Å². The molecule has 0 atom stereocenters. The van der Waals surface area contributed by atoms with Crippen LogP contribution in [-0.4, -0.2) is 83.0 Å². The van der Waals surface area contributed by atoms with E-state index in [1.165, 1.54) is 23.6 Å². The van der Waals surface area contributed by atoms with Crippen molar-refractivity contribution in [1.29, 1.82) is 0 Å². The number of amides is 2. The normalized spacial score (nSPS) is 19.5. The first-order valence-corrected chi connectivity index (χ1v) is 13.8. The number of carbonyl (C=O) groups excluding carboxylic acids is 2. The molecule has 1 aromatic heterocycles. The van der Waals surface area contributed by atoms with Gasteiger partial charge in [0.05, 0.1) is 23.9 Å². The van der Waals surface area contributed by atoms with E-state index in [0.717, 1.165) is 69.4 Å². The van der Waals surface area contributed by atoms with Crippen LogP contribution in [0.3, 0.4) is 0 Å². The number of nitrogens with zero attached hydrogens (tertiary/aromatic N) is 5. The lowest BCUT2D eigenvalue weighted by atomic mass is 9.85. The number of hydrogen-bond donors (Lipinski definition) is 1. The molecule has 2 aromatic rings. The van der Waals surface area contributed by atoms with Crippen molar-refractivity contribution in [2.75, 3.05) is 56.2 Å². The molecule has 10 heteroatoms. The molecule has 37 heavy (non-hydrogen) atoms.